The minimum absolute atomic E-state index is 0.570. The lowest BCUT2D eigenvalue weighted by atomic mass is 10.1. The molecule has 0 aliphatic heterocycles. The summed E-state index contributed by atoms with van der Waals surface area (Å²) in [5, 5.41) is 8.14. The Morgan fingerprint density at radius 3 is 2.35 bits per heavy atom. The smallest absolute Gasteiger partial charge is 0.418 e. The summed E-state index contributed by atoms with van der Waals surface area (Å²) in [7, 11) is 0. The molecule has 1 rings (SSSR count). The van der Waals surface area contributed by atoms with Gasteiger partial charge in [-0.3, -0.25) is 4.98 Å². The van der Waals surface area contributed by atoms with E-state index in [9.17, 15) is 26.7 Å². The first-order chi connectivity index (χ1) is 7.64. The fourth-order valence-corrected chi connectivity index (χ4v) is 1.12. The second-order valence-corrected chi connectivity index (χ2v) is 3.18. The van der Waals surface area contributed by atoms with Crippen LogP contribution in [0.5, 0.6) is 0 Å². The highest BCUT2D eigenvalue weighted by molar-refractivity contribution is 5.75. The van der Waals surface area contributed by atoms with Gasteiger partial charge in [-0.2, -0.15) is 22.0 Å². The van der Waals surface area contributed by atoms with Crippen molar-refractivity contribution in [1.29, 1.82) is 0 Å². The van der Waals surface area contributed by atoms with Crippen LogP contribution in [0, 0.1) is 0 Å². The van der Waals surface area contributed by atoms with Crippen molar-refractivity contribution in [2.75, 3.05) is 0 Å². The van der Waals surface area contributed by atoms with Crippen molar-refractivity contribution in [2.45, 2.75) is 18.5 Å². The predicted octanol–water partition coefficient (Wildman–Crippen LogP) is 2.36. The van der Waals surface area contributed by atoms with E-state index < -0.39 is 35.7 Å². The molecule has 1 heterocycles. The SMILES string of the molecule is O=C(O)C(F)(F)Cc1ncccc1C(F)(F)F. The van der Waals surface area contributed by atoms with Crippen LogP contribution in [0.1, 0.15) is 11.3 Å². The summed E-state index contributed by atoms with van der Waals surface area (Å²) in [6.45, 7) is 0. The molecule has 0 aromatic carbocycles. The third-order valence-corrected chi connectivity index (χ3v) is 1.90. The zero-order valence-corrected chi connectivity index (χ0v) is 8.13. The van der Waals surface area contributed by atoms with Gasteiger partial charge in [0.1, 0.15) is 0 Å². The molecule has 1 aromatic rings. The van der Waals surface area contributed by atoms with Gasteiger partial charge in [0.25, 0.3) is 0 Å². The second-order valence-electron chi connectivity index (χ2n) is 3.18. The number of alkyl halides is 5. The van der Waals surface area contributed by atoms with E-state index in [1.807, 2.05) is 0 Å². The first-order valence-electron chi connectivity index (χ1n) is 4.27. The van der Waals surface area contributed by atoms with E-state index in [1.165, 1.54) is 0 Å². The standard InChI is InChI=1S/C9H6F5NO2/c10-8(11,7(16)17)4-6-5(9(12,13)14)2-1-3-15-6/h1-3H,4H2,(H,16,17). The Bertz CT molecular complexity index is 430. The normalized spacial score (nSPS) is 12.5. The maximum absolute atomic E-state index is 12.8. The average molecular weight is 255 g/mol. The van der Waals surface area contributed by atoms with Crippen LogP contribution in [0.4, 0.5) is 22.0 Å². The summed E-state index contributed by atoms with van der Waals surface area (Å²) in [5.74, 6) is -6.77. The molecule has 3 nitrogen and oxygen atoms in total. The zero-order chi connectivity index (χ0) is 13.3. The van der Waals surface area contributed by atoms with Crippen molar-refractivity contribution < 1.29 is 31.9 Å². The van der Waals surface area contributed by atoms with Crippen molar-refractivity contribution in [3.05, 3.63) is 29.6 Å². The lowest BCUT2D eigenvalue weighted by Crippen LogP contribution is -2.32. The number of pyridine rings is 1. The number of hydrogen-bond acceptors (Lipinski definition) is 2. The molecule has 0 radical (unpaired) electrons. The Labute approximate surface area is 91.9 Å². The lowest BCUT2D eigenvalue weighted by molar-refractivity contribution is -0.165. The first kappa shape index (κ1) is 13.3. The van der Waals surface area contributed by atoms with Gasteiger partial charge in [0.05, 0.1) is 17.7 Å². The highest BCUT2D eigenvalue weighted by Gasteiger charge is 2.43. The van der Waals surface area contributed by atoms with Crippen LogP contribution in [0.25, 0.3) is 0 Å². The molecular formula is C9H6F5NO2. The fraction of sp³-hybridized carbons (Fsp3) is 0.333. The van der Waals surface area contributed by atoms with E-state index in [2.05, 4.69) is 4.98 Å². The number of nitrogens with zero attached hydrogens (tertiary/aromatic N) is 1. The number of carboxylic acid groups (broad SMARTS) is 1. The van der Waals surface area contributed by atoms with Crippen LogP contribution in [0.2, 0.25) is 0 Å². The molecule has 0 fully saturated rings. The molecule has 0 atom stereocenters. The van der Waals surface area contributed by atoms with Crippen molar-refractivity contribution in [2.24, 2.45) is 0 Å². The maximum Gasteiger partial charge on any atom is 0.418 e. The van der Waals surface area contributed by atoms with E-state index in [1.54, 1.807) is 0 Å². The molecule has 1 N–H and O–H groups in total. The number of aliphatic carboxylic acids is 1. The molecule has 0 spiro atoms. The van der Waals surface area contributed by atoms with Crippen molar-refractivity contribution >= 4 is 5.97 Å². The molecule has 17 heavy (non-hydrogen) atoms. The number of carbonyl (C=O) groups is 1. The van der Waals surface area contributed by atoms with Gasteiger partial charge in [0, 0.05) is 6.20 Å². The van der Waals surface area contributed by atoms with E-state index in [0.717, 1.165) is 12.3 Å². The first-order valence-corrected chi connectivity index (χ1v) is 4.27. The van der Waals surface area contributed by atoms with Crippen LogP contribution in [0.15, 0.2) is 18.3 Å². The van der Waals surface area contributed by atoms with E-state index in [0.29, 0.717) is 6.07 Å². The molecule has 0 saturated carbocycles. The van der Waals surface area contributed by atoms with E-state index in [-0.39, 0.29) is 0 Å². The Morgan fingerprint density at radius 1 is 1.29 bits per heavy atom. The van der Waals surface area contributed by atoms with Crippen LogP contribution >= 0.6 is 0 Å². The predicted molar refractivity (Wildman–Crippen MR) is 45.5 cm³/mol. The summed E-state index contributed by atoms with van der Waals surface area (Å²) in [5.41, 5.74) is -2.35. The average Bonchev–Trinajstić information content (AvgIpc) is 2.15. The quantitative estimate of drug-likeness (QED) is 0.843. The van der Waals surface area contributed by atoms with Crippen LogP contribution < -0.4 is 0 Å². The summed E-state index contributed by atoms with van der Waals surface area (Å²) in [4.78, 5) is 13.3. The minimum Gasteiger partial charge on any atom is -0.477 e. The van der Waals surface area contributed by atoms with Gasteiger partial charge >= 0.3 is 18.1 Å². The van der Waals surface area contributed by atoms with Crippen LogP contribution in [-0.4, -0.2) is 22.0 Å². The van der Waals surface area contributed by atoms with Gasteiger partial charge in [-0.1, -0.05) is 0 Å². The molecule has 1 aromatic heterocycles. The van der Waals surface area contributed by atoms with Gasteiger partial charge < -0.3 is 5.11 Å². The highest BCUT2D eigenvalue weighted by Crippen LogP contribution is 2.33. The minimum atomic E-state index is -4.85. The molecule has 0 saturated heterocycles. The summed E-state index contributed by atoms with van der Waals surface area (Å²) >= 11 is 0. The Morgan fingerprint density at radius 2 is 1.88 bits per heavy atom. The molecule has 0 aliphatic carbocycles. The molecule has 0 aliphatic rings. The topological polar surface area (TPSA) is 50.2 Å². The molecule has 8 heteroatoms. The summed E-state index contributed by atoms with van der Waals surface area (Å²) < 4.78 is 62.8. The van der Waals surface area contributed by atoms with Gasteiger partial charge in [0.15, 0.2) is 0 Å². The zero-order valence-electron chi connectivity index (χ0n) is 8.13. The monoisotopic (exact) mass is 255 g/mol. The Kier molecular flexibility index (Phi) is 3.35. The second kappa shape index (κ2) is 4.27. The molecular weight excluding hydrogens is 249 g/mol. The van der Waals surface area contributed by atoms with Gasteiger partial charge in [-0.25, -0.2) is 4.79 Å². The summed E-state index contributed by atoms with van der Waals surface area (Å²) in [6.07, 6.45) is -5.56. The van der Waals surface area contributed by atoms with Gasteiger partial charge in [0.2, 0.25) is 0 Å². The Hall–Kier alpha value is -1.73. The Balaban J connectivity index is 3.12. The van der Waals surface area contributed by atoms with E-state index in [4.69, 9.17) is 5.11 Å². The highest BCUT2D eigenvalue weighted by atomic mass is 19.4. The van der Waals surface area contributed by atoms with Crippen molar-refractivity contribution in [3.63, 3.8) is 0 Å². The number of aromatic nitrogens is 1. The maximum atomic E-state index is 12.8. The molecule has 94 valence electrons. The third-order valence-electron chi connectivity index (χ3n) is 1.90. The van der Waals surface area contributed by atoms with Crippen LogP contribution in [-0.2, 0) is 17.4 Å². The third kappa shape index (κ3) is 3.11. The molecule has 0 unspecified atom stereocenters. The van der Waals surface area contributed by atoms with E-state index >= 15 is 0 Å². The van der Waals surface area contributed by atoms with Gasteiger partial charge in [-0.05, 0) is 12.1 Å². The summed E-state index contributed by atoms with van der Waals surface area (Å²) in [6, 6.07) is 1.51. The van der Waals surface area contributed by atoms with Gasteiger partial charge in [-0.15, -0.1) is 0 Å². The van der Waals surface area contributed by atoms with Crippen LogP contribution in [0.3, 0.4) is 0 Å². The number of carboxylic acids is 1. The largest absolute Gasteiger partial charge is 0.477 e. The number of rotatable bonds is 3. The molecule has 0 bridgehead atoms. The van der Waals surface area contributed by atoms with Crippen molar-refractivity contribution in [3.8, 4) is 0 Å². The number of halogens is 5. The fourth-order valence-electron chi connectivity index (χ4n) is 1.12. The molecule has 0 amide bonds. The number of hydrogen-bond donors (Lipinski definition) is 1. The van der Waals surface area contributed by atoms with Crippen molar-refractivity contribution in [1.82, 2.24) is 4.98 Å². The lowest BCUT2D eigenvalue weighted by Gasteiger charge is -2.14.